The minimum absolute atomic E-state index is 0.148. The van der Waals surface area contributed by atoms with Gasteiger partial charge in [0.25, 0.3) is 5.56 Å². The van der Waals surface area contributed by atoms with Gasteiger partial charge in [0.15, 0.2) is 5.65 Å². The first-order chi connectivity index (χ1) is 13.4. The highest BCUT2D eigenvalue weighted by atomic mass is 16.5. The highest BCUT2D eigenvalue weighted by Crippen LogP contribution is 2.24. The summed E-state index contributed by atoms with van der Waals surface area (Å²) in [5.41, 5.74) is -0.00206. The number of hydrogen-bond donors (Lipinski definition) is 1. The third kappa shape index (κ3) is 3.22. The van der Waals surface area contributed by atoms with Gasteiger partial charge in [-0.2, -0.15) is 0 Å². The summed E-state index contributed by atoms with van der Waals surface area (Å²) in [7, 11) is 4.40. The molecule has 9 heteroatoms. The van der Waals surface area contributed by atoms with Crippen molar-refractivity contribution in [1.29, 1.82) is 0 Å². The molecule has 0 aliphatic carbocycles. The number of aromatic nitrogens is 3. The van der Waals surface area contributed by atoms with Crippen molar-refractivity contribution in [2.24, 2.45) is 7.05 Å². The SMILES string of the molecule is COc1ccccc1NC(=O)Cn1c(=O)c2c(OC)c(C)cnc2n(C)c1=O. The van der Waals surface area contributed by atoms with Crippen LogP contribution in [-0.4, -0.2) is 34.2 Å². The van der Waals surface area contributed by atoms with Gasteiger partial charge in [-0.05, 0) is 19.1 Å². The van der Waals surface area contributed by atoms with E-state index in [1.165, 1.54) is 32.0 Å². The van der Waals surface area contributed by atoms with Crippen LogP contribution in [0, 0.1) is 6.92 Å². The fraction of sp³-hybridized carbons (Fsp3) is 0.263. The van der Waals surface area contributed by atoms with Gasteiger partial charge >= 0.3 is 5.69 Å². The van der Waals surface area contributed by atoms with E-state index in [0.717, 1.165) is 4.57 Å². The first-order valence-corrected chi connectivity index (χ1v) is 8.45. The molecule has 28 heavy (non-hydrogen) atoms. The molecule has 1 amide bonds. The number of carbonyl (C=O) groups excluding carboxylic acids is 1. The zero-order chi connectivity index (χ0) is 20.4. The molecule has 0 aliphatic rings. The first-order valence-electron chi connectivity index (χ1n) is 8.45. The van der Waals surface area contributed by atoms with Gasteiger partial charge in [-0.3, -0.25) is 14.2 Å². The zero-order valence-corrected chi connectivity index (χ0v) is 16.0. The molecule has 0 spiro atoms. The lowest BCUT2D eigenvalue weighted by atomic mass is 10.2. The second-order valence-corrected chi connectivity index (χ2v) is 6.15. The van der Waals surface area contributed by atoms with Crippen LogP contribution in [0.5, 0.6) is 11.5 Å². The second-order valence-electron chi connectivity index (χ2n) is 6.15. The molecular formula is C19H20N4O5. The number of methoxy groups -OCH3 is 2. The second kappa shape index (κ2) is 7.55. The predicted molar refractivity (Wildman–Crippen MR) is 104 cm³/mol. The highest BCUT2D eigenvalue weighted by Gasteiger charge is 2.19. The quantitative estimate of drug-likeness (QED) is 0.705. The molecule has 2 aromatic heterocycles. The lowest BCUT2D eigenvalue weighted by molar-refractivity contribution is -0.116. The number of para-hydroxylation sites is 2. The summed E-state index contributed by atoms with van der Waals surface area (Å²) in [4.78, 5) is 42.3. The van der Waals surface area contributed by atoms with Gasteiger partial charge in [-0.25, -0.2) is 14.3 Å². The monoisotopic (exact) mass is 384 g/mol. The van der Waals surface area contributed by atoms with E-state index >= 15 is 0 Å². The molecule has 146 valence electrons. The average molecular weight is 384 g/mol. The minimum atomic E-state index is -0.647. The number of ether oxygens (including phenoxy) is 2. The van der Waals surface area contributed by atoms with Crippen molar-refractivity contribution in [3.05, 3.63) is 56.9 Å². The summed E-state index contributed by atoms with van der Waals surface area (Å²) in [5, 5.41) is 2.80. The number of aryl methyl sites for hydroxylation is 2. The number of anilines is 1. The van der Waals surface area contributed by atoms with E-state index in [1.54, 1.807) is 31.2 Å². The van der Waals surface area contributed by atoms with E-state index in [-0.39, 0.29) is 11.0 Å². The van der Waals surface area contributed by atoms with Crippen LogP contribution in [0.4, 0.5) is 5.69 Å². The van der Waals surface area contributed by atoms with Crippen LogP contribution in [0.25, 0.3) is 11.0 Å². The van der Waals surface area contributed by atoms with Gasteiger partial charge in [0.1, 0.15) is 23.4 Å². The molecule has 0 saturated heterocycles. The summed E-state index contributed by atoms with van der Waals surface area (Å²) in [5.74, 6) is 0.253. The maximum Gasteiger partial charge on any atom is 0.332 e. The Kier molecular flexibility index (Phi) is 5.16. The Balaban J connectivity index is 2.07. The van der Waals surface area contributed by atoms with Crippen molar-refractivity contribution in [3.63, 3.8) is 0 Å². The molecule has 1 N–H and O–H groups in total. The number of pyridine rings is 1. The first kappa shape index (κ1) is 19.2. The van der Waals surface area contributed by atoms with E-state index in [2.05, 4.69) is 10.3 Å². The lowest BCUT2D eigenvalue weighted by Crippen LogP contribution is -2.42. The number of benzene rings is 1. The molecule has 3 rings (SSSR count). The Bertz CT molecular complexity index is 1180. The van der Waals surface area contributed by atoms with Crippen LogP contribution in [0.1, 0.15) is 5.56 Å². The Morgan fingerprint density at radius 1 is 1.18 bits per heavy atom. The van der Waals surface area contributed by atoms with Crippen molar-refractivity contribution >= 4 is 22.6 Å². The molecule has 3 aromatic rings. The van der Waals surface area contributed by atoms with Gasteiger partial charge in [0.2, 0.25) is 5.91 Å². The number of nitrogens with one attached hydrogen (secondary N) is 1. The number of carbonyl (C=O) groups is 1. The standard InChI is InChI=1S/C19H20N4O5/c1-11-9-20-17-15(16(11)28-4)18(25)23(19(26)22(17)2)10-14(24)21-12-7-5-6-8-13(12)27-3/h5-9H,10H2,1-4H3,(H,21,24). The minimum Gasteiger partial charge on any atom is -0.495 e. The molecule has 0 fully saturated rings. The summed E-state index contributed by atoms with van der Waals surface area (Å²) >= 11 is 0. The number of amides is 1. The number of nitrogens with zero attached hydrogens (tertiary/aromatic N) is 3. The molecule has 0 saturated carbocycles. The molecular weight excluding hydrogens is 364 g/mol. The van der Waals surface area contributed by atoms with Crippen LogP contribution >= 0.6 is 0 Å². The molecule has 0 bridgehead atoms. The summed E-state index contributed by atoms with van der Waals surface area (Å²) in [6, 6.07) is 6.85. The highest BCUT2D eigenvalue weighted by molar-refractivity contribution is 5.92. The third-order valence-corrected chi connectivity index (χ3v) is 4.37. The normalized spacial score (nSPS) is 10.7. The zero-order valence-electron chi connectivity index (χ0n) is 16.0. The topological polar surface area (TPSA) is 104 Å². The fourth-order valence-corrected chi connectivity index (χ4v) is 3.00. The van der Waals surface area contributed by atoms with Gasteiger partial charge in [-0.15, -0.1) is 0 Å². The maximum absolute atomic E-state index is 13.0. The summed E-state index contributed by atoms with van der Waals surface area (Å²) in [6.45, 7) is 1.28. The van der Waals surface area contributed by atoms with E-state index < -0.39 is 23.7 Å². The van der Waals surface area contributed by atoms with Gasteiger partial charge < -0.3 is 14.8 Å². The van der Waals surface area contributed by atoms with Crippen molar-refractivity contribution in [2.45, 2.75) is 13.5 Å². The average Bonchev–Trinajstić information content (AvgIpc) is 2.69. The Morgan fingerprint density at radius 3 is 2.57 bits per heavy atom. The largest absolute Gasteiger partial charge is 0.495 e. The van der Waals surface area contributed by atoms with Crippen molar-refractivity contribution in [2.75, 3.05) is 19.5 Å². The van der Waals surface area contributed by atoms with Crippen molar-refractivity contribution < 1.29 is 14.3 Å². The van der Waals surface area contributed by atoms with Gasteiger partial charge in [0.05, 0.1) is 19.9 Å². The molecule has 0 radical (unpaired) electrons. The van der Waals surface area contributed by atoms with Crippen LogP contribution in [-0.2, 0) is 18.4 Å². The number of rotatable bonds is 5. The number of hydrogen-bond acceptors (Lipinski definition) is 6. The Labute approximate surface area is 160 Å². The molecule has 0 unspecified atom stereocenters. The van der Waals surface area contributed by atoms with E-state index in [0.29, 0.717) is 22.7 Å². The number of fused-ring (bicyclic) bond motifs is 1. The lowest BCUT2D eigenvalue weighted by Gasteiger charge is -2.14. The van der Waals surface area contributed by atoms with E-state index in [4.69, 9.17) is 9.47 Å². The van der Waals surface area contributed by atoms with Crippen LogP contribution in [0.15, 0.2) is 40.1 Å². The van der Waals surface area contributed by atoms with Gasteiger partial charge in [0, 0.05) is 18.8 Å². The summed E-state index contributed by atoms with van der Waals surface area (Å²) in [6.07, 6.45) is 1.53. The smallest absolute Gasteiger partial charge is 0.332 e. The summed E-state index contributed by atoms with van der Waals surface area (Å²) < 4.78 is 12.6. The van der Waals surface area contributed by atoms with Crippen molar-refractivity contribution in [3.8, 4) is 11.5 Å². The van der Waals surface area contributed by atoms with Crippen LogP contribution in [0.2, 0.25) is 0 Å². The Hall–Kier alpha value is -3.62. The molecule has 0 atom stereocenters. The van der Waals surface area contributed by atoms with Gasteiger partial charge in [-0.1, -0.05) is 12.1 Å². The predicted octanol–water partition coefficient (Wildman–Crippen LogP) is 1.06. The van der Waals surface area contributed by atoms with Crippen molar-refractivity contribution in [1.82, 2.24) is 14.1 Å². The Morgan fingerprint density at radius 2 is 1.89 bits per heavy atom. The molecule has 9 nitrogen and oxygen atoms in total. The van der Waals surface area contributed by atoms with Crippen LogP contribution < -0.4 is 26.0 Å². The fourth-order valence-electron chi connectivity index (χ4n) is 3.00. The molecule has 0 aliphatic heterocycles. The van der Waals surface area contributed by atoms with Crippen LogP contribution in [0.3, 0.4) is 0 Å². The molecule has 1 aromatic carbocycles. The maximum atomic E-state index is 13.0. The van der Waals surface area contributed by atoms with E-state index in [1.807, 2.05) is 0 Å². The third-order valence-electron chi connectivity index (χ3n) is 4.37. The molecule has 2 heterocycles. The van der Waals surface area contributed by atoms with E-state index in [9.17, 15) is 14.4 Å².